The van der Waals surface area contributed by atoms with E-state index in [0.29, 0.717) is 11.5 Å². The molecule has 0 saturated carbocycles. The molecule has 0 aliphatic carbocycles. The fourth-order valence-electron chi connectivity index (χ4n) is 2.01. The van der Waals surface area contributed by atoms with Gasteiger partial charge in [-0.3, -0.25) is 0 Å². The maximum absolute atomic E-state index is 11.4. The van der Waals surface area contributed by atoms with E-state index in [1.807, 2.05) is 0 Å². The van der Waals surface area contributed by atoms with Crippen LogP contribution in [0.4, 0.5) is 0 Å². The third-order valence-corrected chi connectivity index (χ3v) is 5.06. The smallest absolute Gasteiger partial charge is 0.151 e. The first kappa shape index (κ1) is 14.3. The lowest BCUT2D eigenvalue weighted by Gasteiger charge is -2.18. The van der Waals surface area contributed by atoms with Crippen molar-refractivity contribution >= 4 is 22.5 Å². The molecule has 1 fully saturated rings. The van der Waals surface area contributed by atoms with Gasteiger partial charge in [0, 0.05) is 6.54 Å². The summed E-state index contributed by atoms with van der Waals surface area (Å²) in [6, 6.07) is 0. The SMILES string of the molecule is O=S1(=O)CCCN(CCCCCCS)CC1. The molecule has 96 valence electrons. The lowest BCUT2D eigenvalue weighted by molar-refractivity contribution is 0.287. The molecule has 0 amide bonds. The highest BCUT2D eigenvalue weighted by Gasteiger charge is 2.18. The molecule has 0 aromatic rings. The molecular formula is C11H23NO2S2. The van der Waals surface area contributed by atoms with Crippen molar-refractivity contribution in [1.29, 1.82) is 0 Å². The third-order valence-electron chi connectivity index (χ3n) is 3.03. The Kier molecular flexibility index (Phi) is 6.77. The monoisotopic (exact) mass is 265 g/mol. The summed E-state index contributed by atoms with van der Waals surface area (Å²) in [7, 11) is -2.74. The lowest BCUT2D eigenvalue weighted by atomic mass is 10.2. The Morgan fingerprint density at radius 3 is 2.50 bits per heavy atom. The van der Waals surface area contributed by atoms with E-state index in [-0.39, 0.29) is 0 Å². The van der Waals surface area contributed by atoms with Crippen LogP contribution in [0.1, 0.15) is 32.1 Å². The van der Waals surface area contributed by atoms with E-state index in [0.717, 1.165) is 31.8 Å². The number of thiol groups is 1. The van der Waals surface area contributed by atoms with Crippen LogP contribution in [0.5, 0.6) is 0 Å². The summed E-state index contributed by atoms with van der Waals surface area (Å²) in [6.07, 6.45) is 5.67. The molecule has 0 radical (unpaired) electrons. The summed E-state index contributed by atoms with van der Waals surface area (Å²) in [5.41, 5.74) is 0. The molecule has 0 unspecified atom stereocenters. The van der Waals surface area contributed by atoms with Crippen molar-refractivity contribution in [3.63, 3.8) is 0 Å². The summed E-state index contributed by atoms with van der Waals surface area (Å²) in [6.45, 7) is 2.74. The standard InChI is InChI=1S/C11H23NO2S2/c13-16(14)10-5-7-12(8-11-16)6-3-1-2-4-9-15/h15H,1-11H2. The zero-order valence-electron chi connectivity index (χ0n) is 9.90. The summed E-state index contributed by atoms with van der Waals surface area (Å²) in [5, 5.41) is 0. The molecule has 0 aromatic heterocycles. The number of hydrogen-bond donors (Lipinski definition) is 1. The summed E-state index contributed by atoms with van der Waals surface area (Å²) >= 11 is 4.18. The minimum atomic E-state index is -2.74. The molecule has 1 rings (SSSR count). The number of sulfone groups is 1. The third kappa shape index (κ3) is 6.11. The van der Waals surface area contributed by atoms with Crippen molar-refractivity contribution in [1.82, 2.24) is 4.90 Å². The van der Waals surface area contributed by atoms with Crippen LogP contribution in [-0.2, 0) is 9.84 Å². The van der Waals surface area contributed by atoms with E-state index < -0.39 is 9.84 Å². The average Bonchev–Trinajstić information content (AvgIpc) is 2.40. The summed E-state index contributed by atoms with van der Waals surface area (Å²) in [5.74, 6) is 1.70. The van der Waals surface area contributed by atoms with Gasteiger partial charge in [-0.25, -0.2) is 8.42 Å². The second kappa shape index (κ2) is 7.56. The average molecular weight is 265 g/mol. The highest BCUT2D eigenvalue weighted by Crippen LogP contribution is 2.07. The van der Waals surface area contributed by atoms with Gasteiger partial charge in [0.05, 0.1) is 11.5 Å². The van der Waals surface area contributed by atoms with E-state index in [2.05, 4.69) is 17.5 Å². The van der Waals surface area contributed by atoms with Crippen LogP contribution in [0.15, 0.2) is 0 Å². The van der Waals surface area contributed by atoms with Gasteiger partial charge in [-0.2, -0.15) is 12.6 Å². The van der Waals surface area contributed by atoms with Gasteiger partial charge in [0.1, 0.15) is 0 Å². The molecule has 0 spiro atoms. The van der Waals surface area contributed by atoms with Gasteiger partial charge in [0.15, 0.2) is 9.84 Å². The Morgan fingerprint density at radius 2 is 1.75 bits per heavy atom. The summed E-state index contributed by atoms with van der Waals surface area (Å²) < 4.78 is 22.8. The molecule has 3 nitrogen and oxygen atoms in total. The van der Waals surface area contributed by atoms with Crippen LogP contribution in [0.25, 0.3) is 0 Å². The second-order valence-corrected chi connectivity index (χ2v) is 7.24. The van der Waals surface area contributed by atoms with Crippen molar-refractivity contribution in [3.8, 4) is 0 Å². The Bertz CT molecular complexity index is 278. The van der Waals surface area contributed by atoms with Crippen LogP contribution in [-0.4, -0.2) is 50.2 Å². The second-order valence-electron chi connectivity index (χ2n) is 4.48. The number of nitrogens with zero attached hydrogens (tertiary/aromatic N) is 1. The molecular weight excluding hydrogens is 242 g/mol. The van der Waals surface area contributed by atoms with Gasteiger partial charge in [-0.15, -0.1) is 0 Å². The highest BCUT2D eigenvalue weighted by atomic mass is 32.2. The fraction of sp³-hybridized carbons (Fsp3) is 1.00. The molecule has 1 aliphatic heterocycles. The van der Waals surface area contributed by atoms with E-state index in [1.165, 1.54) is 25.7 Å². The fourth-order valence-corrected chi connectivity index (χ4v) is 3.55. The minimum absolute atomic E-state index is 0.351. The van der Waals surface area contributed by atoms with E-state index in [9.17, 15) is 8.42 Å². The van der Waals surface area contributed by atoms with Crippen molar-refractivity contribution in [2.45, 2.75) is 32.1 Å². The van der Waals surface area contributed by atoms with Crippen LogP contribution >= 0.6 is 12.6 Å². The van der Waals surface area contributed by atoms with E-state index >= 15 is 0 Å². The number of hydrogen-bond acceptors (Lipinski definition) is 4. The maximum atomic E-state index is 11.4. The quantitative estimate of drug-likeness (QED) is 0.585. The Hall–Kier alpha value is 0.260. The molecule has 1 heterocycles. The summed E-state index contributed by atoms with van der Waals surface area (Å²) in [4.78, 5) is 2.30. The number of rotatable bonds is 6. The zero-order valence-corrected chi connectivity index (χ0v) is 11.6. The van der Waals surface area contributed by atoms with Gasteiger partial charge >= 0.3 is 0 Å². The molecule has 0 bridgehead atoms. The first-order chi connectivity index (χ1) is 7.64. The molecule has 1 saturated heterocycles. The van der Waals surface area contributed by atoms with Crippen molar-refractivity contribution < 1.29 is 8.42 Å². The molecule has 0 aromatic carbocycles. The van der Waals surface area contributed by atoms with Crippen LogP contribution in [0.3, 0.4) is 0 Å². The molecule has 0 N–H and O–H groups in total. The Balaban J connectivity index is 2.13. The largest absolute Gasteiger partial charge is 0.302 e. The van der Waals surface area contributed by atoms with Gasteiger partial charge in [0.25, 0.3) is 0 Å². The predicted octanol–water partition coefficient (Wildman–Crippen LogP) is 1.60. The normalized spacial score (nSPS) is 21.8. The first-order valence-electron chi connectivity index (χ1n) is 6.18. The Morgan fingerprint density at radius 1 is 1.00 bits per heavy atom. The van der Waals surface area contributed by atoms with E-state index in [4.69, 9.17) is 0 Å². The molecule has 0 atom stereocenters. The molecule has 16 heavy (non-hydrogen) atoms. The maximum Gasteiger partial charge on any atom is 0.151 e. The van der Waals surface area contributed by atoms with Gasteiger partial charge in [-0.05, 0) is 38.1 Å². The van der Waals surface area contributed by atoms with Gasteiger partial charge < -0.3 is 4.90 Å². The molecule has 1 aliphatic rings. The first-order valence-corrected chi connectivity index (χ1v) is 8.63. The van der Waals surface area contributed by atoms with Gasteiger partial charge in [-0.1, -0.05) is 12.8 Å². The van der Waals surface area contributed by atoms with Crippen LogP contribution < -0.4 is 0 Å². The predicted molar refractivity (Wildman–Crippen MR) is 72.0 cm³/mol. The van der Waals surface area contributed by atoms with E-state index in [1.54, 1.807) is 0 Å². The van der Waals surface area contributed by atoms with Gasteiger partial charge in [0.2, 0.25) is 0 Å². The van der Waals surface area contributed by atoms with Crippen LogP contribution in [0, 0.1) is 0 Å². The van der Waals surface area contributed by atoms with Crippen molar-refractivity contribution in [3.05, 3.63) is 0 Å². The van der Waals surface area contributed by atoms with Crippen LogP contribution in [0.2, 0.25) is 0 Å². The molecule has 5 heteroatoms. The highest BCUT2D eigenvalue weighted by molar-refractivity contribution is 7.91. The lowest BCUT2D eigenvalue weighted by Crippen LogP contribution is -2.28. The minimum Gasteiger partial charge on any atom is -0.302 e. The topological polar surface area (TPSA) is 37.4 Å². The van der Waals surface area contributed by atoms with Crippen molar-refractivity contribution in [2.75, 3.05) is 36.9 Å². The number of unbranched alkanes of at least 4 members (excludes halogenated alkanes) is 3. The zero-order chi connectivity index (χ0) is 11.9. The van der Waals surface area contributed by atoms with Crippen molar-refractivity contribution in [2.24, 2.45) is 0 Å². The Labute approximate surface area is 105 Å².